The topological polar surface area (TPSA) is 84.9 Å². The first-order valence-corrected chi connectivity index (χ1v) is 10.2. The molecule has 164 valence electrons. The van der Waals surface area contributed by atoms with E-state index in [0.717, 1.165) is 11.1 Å². The van der Waals surface area contributed by atoms with Crippen molar-refractivity contribution in [2.24, 2.45) is 0 Å². The van der Waals surface area contributed by atoms with Gasteiger partial charge >= 0.3 is 12.1 Å². The summed E-state index contributed by atoms with van der Waals surface area (Å²) in [5, 5.41) is 2.78. The number of carbonyl (C=O) groups is 3. The highest BCUT2D eigenvalue weighted by Crippen LogP contribution is 2.33. The SMILES string of the molecule is COC(=O)C(Cc1ccccc1)NC(=O)C1Cc2ccccc2N1C(=O)OC(C)(C)C. The zero-order valence-electron chi connectivity index (χ0n) is 18.3. The standard InChI is InChI=1S/C24H28N2O5/c1-24(2,3)31-23(29)26-19-13-9-8-12-17(19)15-20(26)21(27)25-18(22(28)30-4)14-16-10-6-5-7-11-16/h5-13,18,20H,14-15H2,1-4H3,(H,25,27). The minimum atomic E-state index is -0.871. The van der Waals surface area contributed by atoms with E-state index >= 15 is 0 Å². The molecule has 2 atom stereocenters. The molecule has 7 heteroatoms. The zero-order chi connectivity index (χ0) is 22.6. The Morgan fingerprint density at radius 3 is 2.35 bits per heavy atom. The van der Waals surface area contributed by atoms with Crippen LogP contribution in [-0.2, 0) is 31.9 Å². The normalized spacial score (nSPS) is 16.3. The van der Waals surface area contributed by atoms with Crippen molar-refractivity contribution in [3.05, 3.63) is 65.7 Å². The van der Waals surface area contributed by atoms with Crippen LogP contribution in [0, 0.1) is 0 Å². The molecule has 7 nitrogen and oxygen atoms in total. The van der Waals surface area contributed by atoms with Gasteiger partial charge < -0.3 is 14.8 Å². The smallest absolute Gasteiger partial charge is 0.415 e. The maximum Gasteiger partial charge on any atom is 0.415 e. The molecular weight excluding hydrogens is 396 g/mol. The number of benzene rings is 2. The molecule has 0 saturated carbocycles. The van der Waals surface area contributed by atoms with E-state index in [2.05, 4.69) is 5.32 Å². The maximum absolute atomic E-state index is 13.2. The third-order valence-corrected chi connectivity index (χ3v) is 4.95. The van der Waals surface area contributed by atoms with E-state index < -0.39 is 35.7 Å². The van der Waals surface area contributed by atoms with Crippen LogP contribution in [0.3, 0.4) is 0 Å². The van der Waals surface area contributed by atoms with Crippen LogP contribution in [0.25, 0.3) is 0 Å². The third kappa shape index (κ3) is 5.42. The molecule has 0 fully saturated rings. The van der Waals surface area contributed by atoms with Gasteiger partial charge in [-0.15, -0.1) is 0 Å². The predicted octanol–water partition coefficient (Wildman–Crippen LogP) is 3.25. The number of ether oxygens (including phenoxy) is 2. The lowest BCUT2D eigenvalue weighted by Crippen LogP contribution is -2.53. The molecule has 2 aromatic rings. The van der Waals surface area contributed by atoms with Gasteiger partial charge in [0, 0.05) is 12.8 Å². The second-order valence-electron chi connectivity index (χ2n) is 8.47. The van der Waals surface area contributed by atoms with Gasteiger partial charge in [-0.1, -0.05) is 48.5 Å². The molecule has 0 saturated heterocycles. The van der Waals surface area contributed by atoms with Crippen LogP contribution in [0.5, 0.6) is 0 Å². The molecule has 0 bridgehead atoms. The number of nitrogens with one attached hydrogen (secondary N) is 1. The van der Waals surface area contributed by atoms with Gasteiger partial charge in [0.2, 0.25) is 5.91 Å². The number of fused-ring (bicyclic) bond motifs is 1. The summed E-state index contributed by atoms with van der Waals surface area (Å²) in [4.78, 5) is 39.9. The van der Waals surface area contributed by atoms with Gasteiger partial charge in [-0.25, -0.2) is 9.59 Å². The van der Waals surface area contributed by atoms with Crippen LogP contribution in [0.4, 0.5) is 10.5 Å². The number of nitrogens with zero attached hydrogens (tertiary/aromatic N) is 1. The minimum absolute atomic E-state index is 0.283. The number of amides is 2. The van der Waals surface area contributed by atoms with Crippen molar-refractivity contribution in [3.8, 4) is 0 Å². The van der Waals surface area contributed by atoms with Crippen molar-refractivity contribution in [2.45, 2.75) is 51.3 Å². The van der Waals surface area contributed by atoms with Crippen LogP contribution in [0.1, 0.15) is 31.9 Å². The van der Waals surface area contributed by atoms with Crippen molar-refractivity contribution >= 4 is 23.7 Å². The molecule has 2 unspecified atom stereocenters. The van der Waals surface area contributed by atoms with Gasteiger partial charge in [0.25, 0.3) is 0 Å². The Morgan fingerprint density at radius 2 is 1.71 bits per heavy atom. The number of carbonyl (C=O) groups excluding carboxylic acids is 3. The lowest BCUT2D eigenvalue weighted by Gasteiger charge is -2.29. The van der Waals surface area contributed by atoms with Crippen LogP contribution < -0.4 is 10.2 Å². The second-order valence-corrected chi connectivity index (χ2v) is 8.47. The lowest BCUT2D eigenvalue weighted by molar-refractivity contribution is -0.145. The Kier molecular flexibility index (Phi) is 6.63. The Balaban J connectivity index is 1.83. The van der Waals surface area contributed by atoms with E-state index in [0.29, 0.717) is 12.1 Å². The van der Waals surface area contributed by atoms with Gasteiger partial charge in [-0.05, 0) is 38.0 Å². The second kappa shape index (κ2) is 9.20. The lowest BCUT2D eigenvalue weighted by atomic mass is 10.0. The highest BCUT2D eigenvalue weighted by molar-refractivity contribution is 6.01. The summed E-state index contributed by atoms with van der Waals surface area (Å²) in [6.45, 7) is 5.32. The average molecular weight is 424 g/mol. The largest absolute Gasteiger partial charge is 0.467 e. The van der Waals surface area contributed by atoms with Crippen LogP contribution >= 0.6 is 0 Å². The molecule has 3 rings (SSSR count). The van der Waals surface area contributed by atoms with Crippen molar-refractivity contribution in [3.63, 3.8) is 0 Å². The first-order valence-electron chi connectivity index (χ1n) is 10.2. The number of hydrogen-bond donors (Lipinski definition) is 1. The van der Waals surface area contributed by atoms with Crippen LogP contribution in [0.15, 0.2) is 54.6 Å². The molecular formula is C24H28N2O5. The molecule has 2 aromatic carbocycles. The summed E-state index contributed by atoms with van der Waals surface area (Å²) in [6, 6.07) is 15.0. The number of anilines is 1. The first kappa shape index (κ1) is 22.3. The van der Waals surface area contributed by atoms with E-state index in [-0.39, 0.29) is 6.42 Å². The van der Waals surface area contributed by atoms with E-state index in [1.165, 1.54) is 12.0 Å². The summed E-state index contributed by atoms with van der Waals surface area (Å²) in [5.41, 5.74) is 1.68. The van der Waals surface area contributed by atoms with Gasteiger partial charge in [-0.2, -0.15) is 0 Å². The van der Waals surface area contributed by atoms with Gasteiger partial charge in [-0.3, -0.25) is 9.69 Å². The molecule has 0 radical (unpaired) electrons. The summed E-state index contributed by atoms with van der Waals surface area (Å²) in [5.74, 6) is -0.982. The van der Waals surface area contributed by atoms with Crippen LogP contribution in [0.2, 0.25) is 0 Å². The Morgan fingerprint density at radius 1 is 1.06 bits per heavy atom. The number of hydrogen-bond acceptors (Lipinski definition) is 5. The van der Waals surface area contributed by atoms with Crippen LogP contribution in [-0.4, -0.2) is 42.8 Å². The van der Waals surface area contributed by atoms with Gasteiger partial charge in [0.1, 0.15) is 17.7 Å². The van der Waals surface area contributed by atoms with E-state index in [1.807, 2.05) is 48.5 Å². The number of esters is 1. The molecule has 1 aliphatic heterocycles. The number of rotatable bonds is 5. The van der Waals surface area contributed by atoms with Crippen molar-refractivity contribution < 1.29 is 23.9 Å². The third-order valence-electron chi connectivity index (χ3n) is 4.95. The highest BCUT2D eigenvalue weighted by Gasteiger charge is 2.41. The zero-order valence-corrected chi connectivity index (χ0v) is 18.3. The van der Waals surface area contributed by atoms with Gasteiger partial charge in [0.05, 0.1) is 12.8 Å². The Hall–Kier alpha value is -3.35. The van der Waals surface area contributed by atoms with E-state index in [1.54, 1.807) is 26.8 Å². The molecule has 2 amide bonds. The Labute approximate surface area is 182 Å². The van der Waals surface area contributed by atoms with Gasteiger partial charge in [0.15, 0.2) is 0 Å². The number of methoxy groups -OCH3 is 1. The monoisotopic (exact) mass is 424 g/mol. The predicted molar refractivity (Wildman–Crippen MR) is 117 cm³/mol. The molecule has 0 aliphatic carbocycles. The molecule has 1 heterocycles. The quantitative estimate of drug-likeness (QED) is 0.745. The average Bonchev–Trinajstić information content (AvgIpc) is 3.12. The summed E-state index contributed by atoms with van der Waals surface area (Å²) >= 11 is 0. The summed E-state index contributed by atoms with van der Waals surface area (Å²) in [7, 11) is 1.28. The molecule has 1 N–H and O–H groups in total. The summed E-state index contributed by atoms with van der Waals surface area (Å²) < 4.78 is 10.4. The fourth-order valence-corrected chi connectivity index (χ4v) is 3.59. The van der Waals surface area contributed by atoms with Crippen molar-refractivity contribution in [1.82, 2.24) is 5.32 Å². The molecule has 31 heavy (non-hydrogen) atoms. The number of para-hydroxylation sites is 1. The van der Waals surface area contributed by atoms with Crippen molar-refractivity contribution in [2.75, 3.05) is 12.0 Å². The molecule has 0 spiro atoms. The fraction of sp³-hybridized carbons (Fsp3) is 0.375. The highest BCUT2D eigenvalue weighted by atomic mass is 16.6. The van der Waals surface area contributed by atoms with Crippen molar-refractivity contribution in [1.29, 1.82) is 0 Å². The molecule has 1 aliphatic rings. The van der Waals surface area contributed by atoms with E-state index in [9.17, 15) is 14.4 Å². The van der Waals surface area contributed by atoms with E-state index in [4.69, 9.17) is 9.47 Å². The fourth-order valence-electron chi connectivity index (χ4n) is 3.59. The first-order chi connectivity index (χ1) is 14.7. The minimum Gasteiger partial charge on any atom is -0.467 e. The summed E-state index contributed by atoms with van der Waals surface area (Å²) in [6.07, 6.45) is 0.0153. The molecule has 0 aromatic heterocycles. The maximum atomic E-state index is 13.2. The Bertz CT molecular complexity index is 952.